The van der Waals surface area contributed by atoms with Crippen LogP contribution < -0.4 is 5.32 Å². The van der Waals surface area contributed by atoms with Crippen molar-refractivity contribution >= 4 is 5.96 Å². The minimum absolute atomic E-state index is 0.0211. The number of guanidine groups is 1. The van der Waals surface area contributed by atoms with Crippen molar-refractivity contribution in [3.05, 3.63) is 35.4 Å². The molecule has 7 nitrogen and oxygen atoms in total. The molecule has 2 rings (SSSR count). The van der Waals surface area contributed by atoms with Crippen LogP contribution in [0.1, 0.15) is 16.8 Å². The first-order valence-corrected chi connectivity index (χ1v) is 7.19. The molecule has 0 radical (unpaired) electrons. The van der Waals surface area contributed by atoms with Gasteiger partial charge in [0.1, 0.15) is 0 Å². The molecule has 0 aromatic carbocycles. The van der Waals surface area contributed by atoms with Crippen molar-refractivity contribution in [3.8, 4) is 0 Å². The number of aliphatic imine (C=N–C) groups is 1. The molecule has 0 saturated carbocycles. The van der Waals surface area contributed by atoms with E-state index < -0.39 is 11.9 Å². The number of hydrogen-bond donors (Lipinski definition) is 1. The van der Waals surface area contributed by atoms with E-state index in [1.807, 2.05) is 13.2 Å². The van der Waals surface area contributed by atoms with E-state index in [1.165, 1.54) is 13.2 Å². The topological polar surface area (TPSA) is 63.3 Å². The number of halogens is 3. The highest BCUT2D eigenvalue weighted by Gasteiger charge is 2.36. The van der Waals surface area contributed by atoms with Crippen molar-refractivity contribution in [2.45, 2.75) is 19.3 Å². The Balaban J connectivity index is 2.04. The summed E-state index contributed by atoms with van der Waals surface area (Å²) < 4.78 is 41.7. The molecular formula is C14H20F3N7. The van der Waals surface area contributed by atoms with E-state index in [0.29, 0.717) is 12.5 Å². The number of aryl methyl sites for hydroxylation is 2. The van der Waals surface area contributed by atoms with Crippen molar-refractivity contribution < 1.29 is 13.2 Å². The number of nitrogens with zero attached hydrogens (tertiary/aromatic N) is 6. The van der Waals surface area contributed by atoms with Crippen molar-refractivity contribution in [2.75, 3.05) is 14.1 Å². The molecule has 0 fully saturated rings. The van der Waals surface area contributed by atoms with Crippen LogP contribution in [0.3, 0.4) is 0 Å². The van der Waals surface area contributed by atoms with E-state index in [0.717, 1.165) is 10.2 Å². The maximum Gasteiger partial charge on any atom is 0.435 e. The van der Waals surface area contributed by atoms with Gasteiger partial charge in [0, 0.05) is 64.8 Å². The van der Waals surface area contributed by atoms with Gasteiger partial charge in [-0.25, -0.2) is 0 Å². The zero-order chi connectivity index (χ0) is 17.9. The second kappa shape index (κ2) is 6.93. The Labute approximate surface area is 137 Å². The second-order valence-corrected chi connectivity index (χ2v) is 5.45. The van der Waals surface area contributed by atoms with Crippen molar-refractivity contribution in [1.29, 1.82) is 0 Å². The first kappa shape index (κ1) is 17.8. The van der Waals surface area contributed by atoms with Crippen LogP contribution in [0.2, 0.25) is 0 Å². The lowest BCUT2D eigenvalue weighted by molar-refractivity contribution is -0.142. The lowest BCUT2D eigenvalue weighted by atomic mass is 10.2. The minimum Gasteiger partial charge on any atom is -0.352 e. The van der Waals surface area contributed by atoms with Gasteiger partial charge >= 0.3 is 6.18 Å². The van der Waals surface area contributed by atoms with Gasteiger partial charge in [-0.05, 0) is 0 Å². The van der Waals surface area contributed by atoms with Crippen molar-refractivity contribution in [1.82, 2.24) is 29.8 Å². The predicted molar refractivity (Wildman–Crippen MR) is 83.1 cm³/mol. The van der Waals surface area contributed by atoms with Gasteiger partial charge in [-0.3, -0.25) is 14.4 Å². The third-order valence-electron chi connectivity index (χ3n) is 3.36. The van der Waals surface area contributed by atoms with Crippen LogP contribution >= 0.6 is 0 Å². The average molecular weight is 343 g/mol. The molecule has 0 aliphatic rings. The molecule has 0 aliphatic carbocycles. The molecule has 0 aliphatic heterocycles. The number of hydrogen-bond acceptors (Lipinski definition) is 3. The van der Waals surface area contributed by atoms with Crippen molar-refractivity contribution in [2.24, 2.45) is 19.1 Å². The van der Waals surface area contributed by atoms with E-state index in [9.17, 15) is 13.2 Å². The molecule has 0 bridgehead atoms. The van der Waals surface area contributed by atoms with E-state index >= 15 is 0 Å². The molecule has 0 amide bonds. The predicted octanol–water partition coefficient (Wildman–Crippen LogP) is 1.38. The molecular weight excluding hydrogens is 323 g/mol. The molecule has 2 aromatic heterocycles. The molecule has 24 heavy (non-hydrogen) atoms. The largest absolute Gasteiger partial charge is 0.435 e. The fourth-order valence-corrected chi connectivity index (χ4v) is 2.37. The van der Waals surface area contributed by atoms with E-state index in [4.69, 9.17) is 0 Å². The Morgan fingerprint density at radius 2 is 2.00 bits per heavy atom. The van der Waals surface area contributed by atoms with Crippen LogP contribution in [0.15, 0.2) is 23.6 Å². The standard InChI is InChI=1S/C14H20F3N7/c1-18-13(22(2)7-10-5-20-23(3)8-10)19-6-11-9-24(4)21-12(11)14(15,16)17/h5,8-9H,6-7H2,1-4H3,(H,18,19). The molecule has 2 aromatic rings. The van der Waals surface area contributed by atoms with Crippen LogP contribution in [0.25, 0.3) is 0 Å². The van der Waals surface area contributed by atoms with E-state index in [-0.39, 0.29) is 12.1 Å². The average Bonchev–Trinajstić information content (AvgIpc) is 3.05. The Kier molecular flexibility index (Phi) is 5.15. The number of rotatable bonds is 4. The quantitative estimate of drug-likeness (QED) is 0.673. The Hall–Kier alpha value is -2.52. The van der Waals surface area contributed by atoms with Gasteiger partial charge in [-0.15, -0.1) is 0 Å². The zero-order valence-corrected chi connectivity index (χ0v) is 14.0. The lowest BCUT2D eigenvalue weighted by Crippen LogP contribution is -2.38. The SMILES string of the molecule is CN=C(NCc1cn(C)nc1C(F)(F)F)N(C)Cc1cnn(C)c1. The van der Waals surface area contributed by atoms with Crippen molar-refractivity contribution in [3.63, 3.8) is 0 Å². The van der Waals surface area contributed by atoms with E-state index in [1.54, 1.807) is 29.9 Å². The van der Waals surface area contributed by atoms with Gasteiger partial charge in [0.15, 0.2) is 11.7 Å². The Bertz CT molecular complexity index is 714. The minimum atomic E-state index is -4.48. The van der Waals surface area contributed by atoms with E-state index in [2.05, 4.69) is 20.5 Å². The fraction of sp³-hybridized carbons (Fsp3) is 0.500. The maximum atomic E-state index is 13.0. The molecule has 1 N–H and O–H groups in total. The van der Waals surface area contributed by atoms with Gasteiger partial charge in [0.2, 0.25) is 0 Å². The van der Waals surface area contributed by atoms with Crippen LogP contribution in [0.5, 0.6) is 0 Å². The smallest absolute Gasteiger partial charge is 0.352 e. The highest BCUT2D eigenvalue weighted by molar-refractivity contribution is 5.79. The summed E-state index contributed by atoms with van der Waals surface area (Å²) >= 11 is 0. The van der Waals surface area contributed by atoms with Gasteiger partial charge < -0.3 is 10.2 Å². The summed E-state index contributed by atoms with van der Waals surface area (Å²) in [5, 5.41) is 10.5. The third kappa shape index (κ3) is 4.27. The molecule has 0 unspecified atom stereocenters. The Morgan fingerprint density at radius 3 is 2.54 bits per heavy atom. The van der Waals surface area contributed by atoms with Crippen LogP contribution in [0.4, 0.5) is 13.2 Å². The summed E-state index contributed by atoms with van der Waals surface area (Å²) in [5.41, 5.74) is 0.157. The first-order valence-electron chi connectivity index (χ1n) is 7.19. The van der Waals surface area contributed by atoms with Crippen LogP contribution in [-0.4, -0.2) is 44.5 Å². The molecule has 0 saturated heterocycles. The fourth-order valence-electron chi connectivity index (χ4n) is 2.37. The molecule has 0 spiro atoms. The second-order valence-electron chi connectivity index (χ2n) is 5.45. The summed E-state index contributed by atoms with van der Waals surface area (Å²) in [6.45, 7) is 0.513. The van der Waals surface area contributed by atoms with Gasteiger partial charge in [-0.1, -0.05) is 0 Å². The molecule has 2 heterocycles. The van der Waals surface area contributed by atoms with Crippen LogP contribution in [0, 0.1) is 0 Å². The van der Waals surface area contributed by atoms with Gasteiger partial charge in [0.25, 0.3) is 0 Å². The maximum absolute atomic E-state index is 13.0. The highest BCUT2D eigenvalue weighted by Crippen LogP contribution is 2.30. The number of nitrogens with one attached hydrogen (secondary N) is 1. The third-order valence-corrected chi connectivity index (χ3v) is 3.36. The van der Waals surface area contributed by atoms with Crippen LogP contribution in [-0.2, 0) is 33.4 Å². The summed E-state index contributed by atoms with van der Waals surface area (Å²) in [6, 6.07) is 0. The monoisotopic (exact) mass is 343 g/mol. The summed E-state index contributed by atoms with van der Waals surface area (Å²) in [6.07, 6.45) is 0.465. The highest BCUT2D eigenvalue weighted by atomic mass is 19.4. The molecule has 0 atom stereocenters. The van der Waals surface area contributed by atoms with Gasteiger partial charge in [-0.2, -0.15) is 23.4 Å². The molecule has 10 heteroatoms. The summed E-state index contributed by atoms with van der Waals surface area (Å²) in [4.78, 5) is 5.91. The summed E-state index contributed by atoms with van der Waals surface area (Å²) in [7, 11) is 6.66. The lowest BCUT2D eigenvalue weighted by Gasteiger charge is -2.21. The number of aromatic nitrogens is 4. The normalized spacial score (nSPS) is 12.5. The van der Waals surface area contributed by atoms with Gasteiger partial charge in [0.05, 0.1) is 6.20 Å². The molecule has 132 valence electrons. The summed E-state index contributed by atoms with van der Waals surface area (Å²) in [5.74, 6) is 0.482. The zero-order valence-electron chi connectivity index (χ0n) is 14.0. The Morgan fingerprint density at radius 1 is 1.29 bits per heavy atom. The first-order chi connectivity index (χ1) is 11.2. The number of alkyl halides is 3.